The molecule has 1 atom stereocenters. The van der Waals surface area contributed by atoms with Crippen LogP contribution in [0.4, 0.5) is 0 Å². The smallest absolute Gasteiger partial charge is 0.233 e. The molecular formula is C19H33NO3. The van der Waals surface area contributed by atoms with Gasteiger partial charge >= 0.3 is 0 Å². The highest BCUT2D eigenvalue weighted by molar-refractivity contribution is 6.03. The molecule has 1 saturated heterocycles. The van der Waals surface area contributed by atoms with Gasteiger partial charge in [0, 0.05) is 31.7 Å². The predicted molar refractivity (Wildman–Crippen MR) is 91.8 cm³/mol. The Morgan fingerprint density at radius 2 is 1.70 bits per heavy atom. The van der Waals surface area contributed by atoms with Crippen LogP contribution in [0.2, 0.25) is 0 Å². The largest absolute Gasteiger partial charge is 0.300 e. The van der Waals surface area contributed by atoms with Gasteiger partial charge in [0.15, 0.2) is 0 Å². The van der Waals surface area contributed by atoms with Crippen molar-refractivity contribution in [3.8, 4) is 0 Å². The molecule has 4 heteroatoms. The lowest BCUT2D eigenvalue weighted by atomic mass is 9.94. The number of hydrogen-bond acceptors (Lipinski definition) is 3. The van der Waals surface area contributed by atoms with Crippen LogP contribution in [0, 0.1) is 17.8 Å². The van der Waals surface area contributed by atoms with Crippen LogP contribution in [0.3, 0.4) is 0 Å². The van der Waals surface area contributed by atoms with Gasteiger partial charge in [0.05, 0.1) is 0 Å². The Hall–Kier alpha value is -1.19. The number of nitrogens with zero attached hydrogens (tertiary/aromatic N) is 1. The first-order valence-corrected chi connectivity index (χ1v) is 9.18. The lowest BCUT2D eigenvalue weighted by molar-refractivity contribution is -0.139. The molecule has 1 rings (SSSR count). The predicted octanol–water partition coefficient (Wildman–Crippen LogP) is 3.97. The minimum absolute atomic E-state index is 0.00485. The van der Waals surface area contributed by atoms with Crippen LogP contribution in [-0.2, 0) is 14.4 Å². The topological polar surface area (TPSA) is 54.5 Å². The van der Waals surface area contributed by atoms with Crippen molar-refractivity contribution in [2.75, 3.05) is 6.54 Å². The number of rotatable bonds is 11. The van der Waals surface area contributed by atoms with Crippen LogP contribution in [0.15, 0.2) is 0 Å². The Labute approximate surface area is 141 Å². The fraction of sp³-hybridized carbons (Fsp3) is 0.842. The molecule has 0 aromatic heterocycles. The highest BCUT2D eigenvalue weighted by Crippen LogP contribution is 2.26. The number of carbonyl (C=O) groups is 3. The van der Waals surface area contributed by atoms with Crippen molar-refractivity contribution in [3.63, 3.8) is 0 Å². The van der Waals surface area contributed by atoms with Crippen LogP contribution in [0.1, 0.15) is 79.1 Å². The zero-order valence-electron chi connectivity index (χ0n) is 15.3. The molecule has 1 unspecified atom stereocenters. The number of ketones is 1. The Morgan fingerprint density at radius 1 is 1.04 bits per heavy atom. The fourth-order valence-corrected chi connectivity index (χ4v) is 3.07. The zero-order valence-corrected chi connectivity index (χ0v) is 15.3. The number of imide groups is 1. The van der Waals surface area contributed by atoms with Gasteiger partial charge in [0.1, 0.15) is 5.78 Å². The summed E-state index contributed by atoms with van der Waals surface area (Å²) in [6, 6.07) is 0. The van der Waals surface area contributed by atoms with Crippen molar-refractivity contribution in [2.24, 2.45) is 17.8 Å². The van der Waals surface area contributed by atoms with Gasteiger partial charge in [-0.15, -0.1) is 0 Å². The summed E-state index contributed by atoms with van der Waals surface area (Å²) in [6.07, 6.45) is 6.37. The van der Waals surface area contributed by atoms with Crippen molar-refractivity contribution < 1.29 is 14.4 Å². The first-order valence-electron chi connectivity index (χ1n) is 9.18. The Bertz CT molecular complexity index is 415. The summed E-state index contributed by atoms with van der Waals surface area (Å²) in [5.41, 5.74) is 0. The molecule has 1 fully saturated rings. The van der Waals surface area contributed by atoms with Crippen LogP contribution >= 0.6 is 0 Å². The summed E-state index contributed by atoms with van der Waals surface area (Å²) in [5.74, 6) is 1.06. The van der Waals surface area contributed by atoms with Crippen LogP contribution < -0.4 is 0 Å². The second kappa shape index (κ2) is 9.84. The van der Waals surface area contributed by atoms with Gasteiger partial charge in [-0.05, 0) is 31.1 Å². The number of Topliss-reactive ketones (excluding diaryl/α,β-unsaturated/α-hetero) is 1. The summed E-state index contributed by atoms with van der Waals surface area (Å²) in [7, 11) is 0. The van der Waals surface area contributed by atoms with Crippen molar-refractivity contribution in [2.45, 2.75) is 79.1 Å². The third-order valence-electron chi connectivity index (χ3n) is 4.66. The number of likely N-dealkylation sites (tertiary alicyclic amines) is 1. The lowest BCUT2D eigenvalue weighted by Crippen LogP contribution is -2.32. The van der Waals surface area contributed by atoms with Crippen molar-refractivity contribution >= 4 is 17.6 Å². The van der Waals surface area contributed by atoms with E-state index in [9.17, 15) is 14.4 Å². The molecule has 4 nitrogen and oxygen atoms in total. The van der Waals surface area contributed by atoms with E-state index in [1.54, 1.807) is 0 Å². The molecule has 0 aromatic rings. The molecule has 0 spiro atoms. The third-order valence-corrected chi connectivity index (χ3v) is 4.66. The van der Waals surface area contributed by atoms with Gasteiger partial charge in [0.25, 0.3) is 0 Å². The molecule has 1 aliphatic rings. The molecule has 0 N–H and O–H groups in total. The normalized spacial score (nSPS) is 18.5. The van der Waals surface area contributed by atoms with E-state index in [-0.39, 0.29) is 23.7 Å². The van der Waals surface area contributed by atoms with Gasteiger partial charge < -0.3 is 0 Å². The molecule has 0 aliphatic carbocycles. The van der Waals surface area contributed by atoms with Gasteiger partial charge in [-0.25, -0.2) is 0 Å². The highest BCUT2D eigenvalue weighted by Gasteiger charge is 2.39. The molecule has 1 heterocycles. The van der Waals surface area contributed by atoms with E-state index in [1.165, 1.54) is 4.90 Å². The molecule has 132 valence electrons. The van der Waals surface area contributed by atoms with Gasteiger partial charge in [-0.1, -0.05) is 40.5 Å². The monoisotopic (exact) mass is 323 g/mol. The van der Waals surface area contributed by atoms with Crippen molar-refractivity contribution in [3.05, 3.63) is 0 Å². The van der Waals surface area contributed by atoms with E-state index in [0.717, 1.165) is 32.1 Å². The first-order chi connectivity index (χ1) is 10.8. The maximum Gasteiger partial charge on any atom is 0.233 e. The maximum absolute atomic E-state index is 12.2. The average molecular weight is 323 g/mol. The SMILES string of the molecule is CC(C)CCCC(=O)CCCCCN1C(=O)CC(C(C)C)C1=O. The summed E-state index contributed by atoms with van der Waals surface area (Å²) in [6.45, 7) is 8.85. The minimum Gasteiger partial charge on any atom is -0.300 e. The van der Waals surface area contributed by atoms with Crippen LogP contribution in [-0.4, -0.2) is 29.0 Å². The summed E-state index contributed by atoms with van der Waals surface area (Å²) >= 11 is 0. The number of amides is 2. The molecule has 0 aromatic carbocycles. The maximum atomic E-state index is 12.2. The highest BCUT2D eigenvalue weighted by atomic mass is 16.2. The molecule has 23 heavy (non-hydrogen) atoms. The Morgan fingerprint density at radius 3 is 2.26 bits per heavy atom. The fourth-order valence-electron chi connectivity index (χ4n) is 3.07. The van der Waals surface area contributed by atoms with Crippen LogP contribution in [0.5, 0.6) is 0 Å². The standard InChI is InChI=1S/C19H33NO3/c1-14(2)9-8-11-16(21)10-6-5-7-12-20-18(22)13-17(15(3)4)19(20)23/h14-15,17H,5-13H2,1-4H3. The zero-order chi connectivity index (χ0) is 17.4. The number of unbranched alkanes of at least 4 members (excludes halogenated alkanes) is 2. The molecule has 0 saturated carbocycles. The lowest BCUT2D eigenvalue weighted by Gasteiger charge is -2.16. The van der Waals surface area contributed by atoms with Crippen molar-refractivity contribution in [1.29, 1.82) is 0 Å². The molecule has 0 bridgehead atoms. The number of hydrogen-bond donors (Lipinski definition) is 0. The summed E-state index contributed by atoms with van der Waals surface area (Å²) in [4.78, 5) is 37.2. The van der Waals surface area contributed by atoms with Gasteiger partial charge in [-0.3, -0.25) is 19.3 Å². The molecule has 2 amide bonds. The van der Waals surface area contributed by atoms with E-state index in [0.29, 0.717) is 37.5 Å². The van der Waals surface area contributed by atoms with E-state index >= 15 is 0 Å². The van der Waals surface area contributed by atoms with E-state index in [1.807, 2.05) is 13.8 Å². The Kier molecular flexibility index (Phi) is 8.49. The Balaban J connectivity index is 2.14. The molecule has 1 aliphatic heterocycles. The number of carbonyl (C=O) groups excluding carboxylic acids is 3. The first kappa shape index (κ1) is 19.9. The quantitative estimate of drug-likeness (QED) is 0.427. The summed E-state index contributed by atoms with van der Waals surface area (Å²) in [5, 5.41) is 0. The summed E-state index contributed by atoms with van der Waals surface area (Å²) < 4.78 is 0. The van der Waals surface area contributed by atoms with E-state index in [2.05, 4.69) is 13.8 Å². The molecule has 0 radical (unpaired) electrons. The van der Waals surface area contributed by atoms with Crippen molar-refractivity contribution in [1.82, 2.24) is 4.90 Å². The third kappa shape index (κ3) is 6.84. The second-order valence-electron chi connectivity index (χ2n) is 7.57. The van der Waals surface area contributed by atoms with Crippen LogP contribution in [0.25, 0.3) is 0 Å². The molecular weight excluding hydrogens is 290 g/mol. The van der Waals surface area contributed by atoms with Gasteiger partial charge in [0.2, 0.25) is 11.8 Å². The minimum atomic E-state index is -0.134. The average Bonchev–Trinajstić information content (AvgIpc) is 2.74. The second-order valence-corrected chi connectivity index (χ2v) is 7.57. The van der Waals surface area contributed by atoms with E-state index in [4.69, 9.17) is 0 Å². The van der Waals surface area contributed by atoms with Gasteiger partial charge in [-0.2, -0.15) is 0 Å². The van der Waals surface area contributed by atoms with E-state index < -0.39 is 0 Å².